The lowest BCUT2D eigenvalue weighted by Gasteiger charge is -2.06. The third kappa shape index (κ3) is 2.25. The van der Waals surface area contributed by atoms with E-state index in [1.54, 1.807) is 0 Å². The Balaban J connectivity index is 2.11. The summed E-state index contributed by atoms with van der Waals surface area (Å²) in [6.45, 7) is 4.91. The second kappa shape index (κ2) is 4.66. The highest BCUT2D eigenvalue weighted by Crippen LogP contribution is 2.19. The van der Waals surface area contributed by atoms with Crippen LogP contribution in [0.3, 0.4) is 0 Å². The van der Waals surface area contributed by atoms with Crippen LogP contribution in [-0.4, -0.2) is 18.4 Å². The van der Waals surface area contributed by atoms with Gasteiger partial charge in [-0.1, -0.05) is 43.3 Å². The van der Waals surface area contributed by atoms with Gasteiger partial charge in [0.15, 0.2) is 0 Å². The Kier molecular flexibility index (Phi) is 3.25. The summed E-state index contributed by atoms with van der Waals surface area (Å²) in [6.07, 6.45) is 0.872. The van der Waals surface area contributed by atoms with Gasteiger partial charge in [-0.15, -0.1) is 0 Å². The second-order valence-electron chi connectivity index (χ2n) is 4.48. The van der Waals surface area contributed by atoms with E-state index < -0.39 is 0 Å². The van der Waals surface area contributed by atoms with Crippen LogP contribution in [-0.2, 0) is 4.84 Å². The van der Waals surface area contributed by atoms with Gasteiger partial charge in [-0.3, -0.25) is 0 Å². The summed E-state index contributed by atoms with van der Waals surface area (Å²) in [5.74, 6) is 0.563. The van der Waals surface area contributed by atoms with Crippen molar-refractivity contribution in [1.82, 2.24) is 0 Å². The Labute approximate surface area is 96.3 Å². The molecule has 1 heterocycles. The fourth-order valence-electron chi connectivity index (χ4n) is 1.79. The zero-order valence-electron chi connectivity index (χ0n) is 9.81. The second-order valence-corrected chi connectivity index (χ2v) is 4.48. The van der Waals surface area contributed by atoms with Crippen molar-refractivity contribution in [2.75, 3.05) is 6.54 Å². The molecule has 0 aromatic heterocycles. The summed E-state index contributed by atoms with van der Waals surface area (Å²) in [7, 11) is 0. The molecule has 0 saturated carbocycles. The molecular formula is C13H18N2O. The van der Waals surface area contributed by atoms with E-state index in [-0.39, 0.29) is 6.10 Å². The molecule has 1 aliphatic rings. The Hall–Kier alpha value is -1.35. The van der Waals surface area contributed by atoms with Gasteiger partial charge in [-0.2, -0.15) is 0 Å². The predicted molar refractivity (Wildman–Crippen MR) is 65.6 cm³/mol. The highest BCUT2D eigenvalue weighted by molar-refractivity contribution is 6.01. The highest BCUT2D eigenvalue weighted by Gasteiger charge is 2.20. The molecule has 2 N–H and O–H groups in total. The minimum Gasteiger partial charge on any atom is -0.390 e. The smallest absolute Gasteiger partial charge is 0.145 e. The van der Waals surface area contributed by atoms with Crippen LogP contribution >= 0.6 is 0 Å². The maximum absolute atomic E-state index is 5.54. The van der Waals surface area contributed by atoms with E-state index in [0.717, 1.165) is 17.7 Å². The lowest BCUT2D eigenvalue weighted by Crippen LogP contribution is -2.20. The number of oxime groups is 1. The third-order valence-corrected chi connectivity index (χ3v) is 2.91. The van der Waals surface area contributed by atoms with E-state index in [0.29, 0.717) is 12.5 Å². The van der Waals surface area contributed by atoms with Crippen molar-refractivity contribution in [3.63, 3.8) is 0 Å². The summed E-state index contributed by atoms with van der Waals surface area (Å²) in [5, 5.41) is 4.07. The molecule has 0 bridgehead atoms. The lowest BCUT2D eigenvalue weighted by molar-refractivity contribution is 0.0918. The van der Waals surface area contributed by atoms with E-state index in [2.05, 4.69) is 43.3 Å². The monoisotopic (exact) mass is 218 g/mol. The van der Waals surface area contributed by atoms with Crippen LogP contribution in [0, 0.1) is 0 Å². The molecule has 0 saturated heterocycles. The minimum atomic E-state index is 0.0553. The SMILES string of the molecule is CC(C)c1ccc(C2=NOC(CN)C2)cc1. The van der Waals surface area contributed by atoms with Gasteiger partial charge in [-0.05, 0) is 17.0 Å². The van der Waals surface area contributed by atoms with Gasteiger partial charge in [0, 0.05) is 13.0 Å². The molecule has 16 heavy (non-hydrogen) atoms. The van der Waals surface area contributed by atoms with E-state index in [1.165, 1.54) is 5.56 Å². The lowest BCUT2D eigenvalue weighted by atomic mass is 9.99. The highest BCUT2D eigenvalue weighted by atomic mass is 16.6. The van der Waals surface area contributed by atoms with Crippen molar-refractivity contribution in [1.29, 1.82) is 0 Å². The number of benzene rings is 1. The first-order valence-electron chi connectivity index (χ1n) is 5.73. The van der Waals surface area contributed by atoms with Crippen molar-refractivity contribution in [2.24, 2.45) is 10.9 Å². The summed E-state index contributed by atoms with van der Waals surface area (Å²) in [6, 6.07) is 8.52. The molecule has 0 aliphatic carbocycles. The van der Waals surface area contributed by atoms with E-state index >= 15 is 0 Å². The average Bonchev–Trinajstić information content (AvgIpc) is 2.77. The first kappa shape index (κ1) is 11.1. The molecule has 1 aromatic rings. The molecule has 1 aromatic carbocycles. The average molecular weight is 218 g/mol. The van der Waals surface area contributed by atoms with Crippen LogP contribution in [0.1, 0.15) is 37.3 Å². The molecule has 1 atom stereocenters. The molecule has 3 heteroatoms. The Morgan fingerprint density at radius 3 is 2.56 bits per heavy atom. The van der Waals surface area contributed by atoms with Crippen LogP contribution in [0.4, 0.5) is 0 Å². The summed E-state index contributed by atoms with van der Waals surface area (Å²) in [4.78, 5) is 5.21. The number of hydrogen-bond acceptors (Lipinski definition) is 3. The fourth-order valence-corrected chi connectivity index (χ4v) is 1.79. The van der Waals surface area contributed by atoms with E-state index in [4.69, 9.17) is 10.6 Å². The quantitative estimate of drug-likeness (QED) is 0.846. The van der Waals surface area contributed by atoms with Crippen LogP contribution in [0.15, 0.2) is 29.4 Å². The molecule has 3 nitrogen and oxygen atoms in total. The number of rotatable bonds is 3. The molecule has 1 unspecified atom stereocenters. The van der Waals surface area contributed by atoms with E-state index in [9.17, 15) is 0 Å². The van der Waals surface area contributed by atoms with E-state index in [1.807, 2.05) is 0 Å². The zero-order valence-corrected chi connectivity index (χ0v) is 9.81. The Morgan fingerprint density at radius 2 is 2.06 bits per heavy atom. The molecule has 0 spiro atoms. The third-order valence-electron chi connectivity index (χ3n) is 2.91. The van der Waals surface area contributed by atoms with Gasteiger partial charge in [-0.25, -0.2) is 0 Å². The number of nitrogens with two attached hydrogens (primary N) is 1. The number of nitrogens with zero attached hydrogens (tertiary/aromatic N) is 1. The summed E-state index contributed by atoms with van der Waals surface area (Å²) in [5.41, 5.74) is 9.03. The summed E-state index contributed by atoms with van der Waals surface area (Å²) < 4.78 is 0. The molecule has 2 rings (SSSR count). The normalized spacial score (nSPS) is 19.8. The molecule has 0 fully saturated rings. The topological polar surface area (TPSA) is 47.6 Å². The molecule has 0 amide bonds. The van der Waals surface area contributed by atoms with Gasteiger partial charge in [0.05, 0.1) is 5.71 Å². The zero-order chi connectivity index (χ0) is 11.5. The molecule has 1 aliphatic heterocycles. The van der Waals surface area contributed by atoms with Crippen molar-refractivity contribution in [3.8, 4) is 0 Å². The molecule has 0 radical (unpaired) electrons. The van der Waals surface area contributed by atoms with Gasteiger partial charge in [0.25, 0.3) is 0 Å². The number of hydrogen-bond donors (Lipinski definition) is 1. The fraction of sp³-hybridized carbons (Fsp3) is 0.462. The van der Waals surface area contributed by atoms with Crippen molar-refractivity contribution >= 4 is 5.71 Å². The van der Waals surface area contributed by atoms with Gasteiger partial charge in [0.2, 0.25) is 0 Å². The van der Waals surface area contributed by atoms with Crippen molar-refractivity contribution in [2.45, 2.75) is 32.3 Å². The predicted octanol–water partition coefficient (Wildman–Crippen LogP) is 2.26. The minimum absolute atomic E-state index is 0.0553. The van der Waals surface area contributed by atoms with Crippen LogP contribution in [0.5, 0.6) is 0 Å². The Morgan fingerprint density at radius 1 is 1.38 bits per heavy atom. The van der Waals surface area contributed by atoms with Gasteiger partial charge < -0.3 is 10.6 Å². The first-order valence-corrected chi connectivity index (χ1v) is 5.73. The van der Waals surface area contributed by atoms with Crippen LogP contribution in [0.2, 0.25) is 0 Å². The van der Waals surface area contributed by atoms with Gasteiger partial charge in [0.1, 0.15) is 6.10 Å². The van der Waals surface area contributed by atoms with Crippen molar-refractivity contribution < 1.29 is 4.84 Å². The van der Waals surface area contributed by atoms with Gasteiger partial charge >= 0.3 is 0 Å². The summed E-state index contributed by atoms with van der Waals surface area (Å²) >= 11 is 0. The first-order chi connectivity index (χ1) is 7.70. The van der Waals surface area contributed by atoms with Crippen molar-refractivity contribution in [3.05, 3.63) is 35.4 Å². The maximum atomic E-state index is 5.54. The van der Waals surface area contributed by atoms with Crippen LogP contribution < -0.4 is 5.73 Å². The van der Waals surface area contributed by atoms with Crippen LogP contribution in [0.25, 0.3) is 0 Å². The largest absolute Gasteiger partial charge is 0.390 e. The molecule has 86 valence electrons. The standard InChI is InChI=1S/C13H18N2O/c1-9(2)10-3-5-11(6-4-10)13-7-12(8-14)16-15-13/h3-6,9,12H,7-8,14H2,1-2H3. The Bertz CT molecular complexity index is 381. The maximum Gasteiger partial charge on any atom is 0.145 e. The molecular weight excluding hydrogens is 200 g/mol.